The van der Waals surface area contributed by atoms with Crippen LogP contribution in [-0.4, -0.2) is 81.8 Å². The molecular weight excluding hydrogens is 478 g/mol. The maximum absolute atomic E-state index is 12.8. The second kappa shape index (κ2) is 10.2. The highest BCUT2D eigenvalue weighted by Gasteiger charge is 2.31. The van der Waals surface area contributed by atoms with Crippen molar-refractivity contribution in [3.05, 3.63) is 42.0 Å². The fourth-order valence-electron chi connectivity index (χ4n) is 4.08. The van der Waals surface area contributed by atoms with E-state index in [1.807, 2.05) is 18.2 Å². The Labute approximate surface area is 202 Å². The van der Waals surface area contributed by atoms with Crippen molar-refractivity contribution in [1.82, 2.24) is 14.2 Å². The molecule has 0 radical (unpaired) electrons. The van der Waals surface area contributed by atoms with Crippen LogP contribution in [0, 0.1) is 11.3 Å². The van der Waals surface area contributed by atoms with E-state index in [0.717, 1.165) is 18.8 Å². The third-order valence-electron chi connectivity index (χ3n) is 5.90. The lowest BCUT2D eigenvalue weighted by Gasteiger charge is -2.33. The first-order valence-corrected chi connectivity index (χ1v) is 12.7. The lowest BCUT2D eigenvalue weighted by Crippen LogP contribution is -2.41. The summed E-state index contributed by atoms with van der Waals surface area (Å²) in [5.74, 6) is 1.06. The number of nitriles is 1. The fraction of sp³-hybridized carbons (Fsp3) is 0.455. The van der Waals surface area contributed by atoms with Gasteiger partial charge in [-0.1, -0.05) is 0 Å². The average molecular weight is 504 g/mol. The molecule has 0 spiro atoms. The molecule has 1 N–H and O–H groups in total. The monoisotopic (exact) mass is 503 g/mol. The topological polar surface area (TPSA) is 147 Å². The standard InChI is InChI=1S/C22H25N5O7S/c23-14-16-21(24-15-17(18-2-1-9-32-18)26-5-10-30-11-6-26)34-22(25-16)19-3-4-20(33-19)35(28,29)27-7-12-31-13-8-27/h1-4,9,17,24H,5-8,10-13,15H2. The Morgan fingerprint density at radius 3 is 2.49 bits per heavy atom. The maximum Gasteiger partial charge on any atom is 0.276 e. The lowest BCUT2D eigenvalue weighted by molar-refractivity contribution is 0.0144. The van der Waals surface area contributed by atoms with Crippen LogP contribution in [-0.2, 0) is 19.5 Å². The summed E-state index contributed by atoms with van der Waals surface area (Å²) in [6.45, 7) is 4.30. The molecule has 2 aliphatic heterocycles. The van der Waals surface area contributed by atoms with E-state index in [9.17, 15) is 13.7 Å². The SMILES string of the molecule is N#Cc1nc(-c2ccc(S(=O)(=O)N3CCOCC3)o2)oc1NCC(c1ccco1)N1CCOCC1. The van der Waals surface area contributed by atoms with Crippen molar-refractivity contribution in [2.45, 2.75) is 11.1 Å². The number of hydrogen-bond acceptors (Lipinski definition) is 11. The van der Waals surface area contributed by atoms with Crippen LogP contribution >= 0.6 is 0 Å². The Kier molecular flexibility index (Phi) is 6.89. The minimum atomic E-state index is -3.81. The summed E-state index contributed by atoms with van der Waals surface area (Å²) in [5.41, 5.74) is 0.0363. The molecular formula is C22H25N5O7S. The van der Waals surface area contributed by atoms with Gasteiger partial charge in [-0.3, -0.25) is 4.90 Å². The molecule has 35 heavy (non-hydrogen) atoms. The zero-order chi connectivity index (χ0) is 24.3. The predicted octanol–water partition coefficient (Wildman–Crippen LogP) is 1.91. The number of rotatable bonds is 8. The molecule has 3 aromatic heterocycles. The van der Waals surface area contributed by atoms with Crippen molar-refractivity contribution in [3.8, 4) is 17.7 Å². The molecule has 0 saturated carbocycles. The largest absolute Gasteiger partial charge is 0.468 e. The van der Waals surface area contributed by atoms with E-state index in [1.165, 1.54) is 16.4 Å². The molecule has 12 nitrogen and oxygen atoms in total. The Bertz CT molecular complexity index is 1270. The highest BCUT2D eigenvalue weighted by Crippen LogP contribution is 2.31. The van der Waals surface area contributed by atoms with Gasteiger partial charge in [0, 0.05) is 32.7 Å². The second-order valence-corrected chi connectivity index (χ2v) is 9.87. The highest BCUT2D eigenvalue weighted by molar-refractivity contribution is 7.89. The zero-order valence-corrected chi connectivity index (χ0v) is 19.7. The average Bonchev–Trinajstić information content (AvgIpc) is 3.66. The highest BCUT2D eigenvalue weighted by atomic mass is 32.2. The van der Waals surface area contributed by atoms with Crippen LogP contribution in [0.4, 0.5) is 5.88 Å². The van der Waals surface area contributed by atoms with Crippen LogP contribution in [0.5, 0.6) is 0 Å². The molecule has 0 aliphatic carbocycles. The van der Waals surface area contributed by atoms with Gasteiger partial charge >= 0.3 is 0 Å². The summed E-state index contributed by atoms with van der Waals surface area (Å²) in [4.78, 5) is 6.42. The van der Waals surface area contributed by atoms with E-state index < -0.39 is 10.0 Å². The van der Waals surface area contributed by atoms with Crippen molar-refractivity contribution in [3.63, 3.8) is 0 Å². The van der Waals surface area contributed by atoms with Gasteiger partial charge < -0.3 is 28.0 Å². The van der Waals surface area contributed by atoms with Gasteiger partial charge in [0.25, 0.3) is 15.9 Å². The summed E-state index contributed by atoms with van der Waals surface area (Å²) >= 11 is 0. The summed E-state index contributed by atoms with van der Waals surface area (Å²) in [6.07, 6.45) is 1.62. The van der Waals surface area contributed by atoms with E-state index >= 15 is 0 Å². The van der Waals surface area contributed by atoms with Gasteiger partial charge in [-0.15, -0.1) is 0 Å². The van der Waals surface area contributed by atoms with Gasteiger partial charge in [0.1, 0.15) is 11.8 Å². The van der Waals surface area contributed by atoms with E-state index in [0.29, 0.717) is 33.0 Å². The Balaban J connectivity index is 1.34. The van der Waals surface area contributed by atoms with E-state index in [1.54, 1.807) is 6.26 Å². The van der Waals surface area contributed by atoms with E-state index in [2.05, 4.69) is 15.2 Å². The van der Waals surface area contributed by atoms with Crippen LogP contribution in [0.15, 0.2) is 48.9 Å². The number of aromatic nitrogens is 1. The minimum absolute atomic E-state index is 0.00778. The van der Waals surface area contributed by atoms with Crippen LogP contribution in [0.1, 0.15) is 17.5 Å². The number of anilines is 1. The number of sulfonamides is 1. The minimum Gasteiger partial charge on any atom is -0.468 e. The van der Waals surface area contributed by atoms with Gasteiger partial charge in [-0.05, 0) is 24.3 Å². The molecule has 2 saturated heterocycles. The first-order valence-electron chi connectivity index (χ1n) is 11.2. The predicted molar refractivity (Wildman–Crippen MR) is 121 cm³/mol. The molecule has 3 aromatic rings. The van der Waals surface area contributed by atoms with Crippen LogP contribution < -0.4 is 5.32 Å². The number of nitrogens with zero attached hydrogens (tertiary/aromatic N) is 4. The molecule has 0 bridgehead atoms. The molecule has 186 valence electrons. The summed E-state index contributed by atoms with van der Waals surface area (Å²) in [6, 6.07) is 8.45. The number of morpholine rings is 2. The molecule has 0 aromatic carbocycles. The normalized spacial score (nSPS) is 18.8. The van der Waals surface area contributed by atoms with Gasteiger partial charge in [0.15, 0.2) is 5.76 Å². The van der Waals surface area contributed by atoms with Gasteiger partial charge in [0.2, 0.25) is 16.7 Å². The maximum atomic E-state index is 12.8. The molecule has 5 heterocycles. The molecule has 1 unspecified atom stereocenters. The van der Waals surface area contributed by atoms with Gasteiger partial charge in [-0.2, -0.15) is 14.6 Å². The Morgan fingerprint density at radius 2 is 1.80 bits per heavy atom. The number of nitrogens with one attached hydrogen (secondary N) is 1. The molecule has 13 heteroatoms. The molecule has 1 atom stereocenters. The number of ether oxygens (including phenoxy) is 2. The van der Waals surface area contributed by atoms with Gasteiger partial charge in [0.05, 0.1) is 38.7 Å². The Morgan fingerprint density at radius 1 is 1.06 bits per heavy atom. The molecule has 2 fully saturated rings. The van der Waals surface area contributed by atoms with Crippen molar-refractivity contribution >= 4 is 15.9 Å². The van der Waals surface area contributed by atoms with Crippen molar-refractivity contribution in [2.24, 2.45) is 0 Å². The second-order valence-electron chi connectivity index (χ2n) is 8.00. The fourth-order valence-corrected chi connectivity index (χ4v) is 5.40. The quantitative estimate of drug-likeness (QED) is 0.480. The summed E-state index contributed by atoms with van der Waals surface area (Å²) in [5, 5.41) is 12.5. The summed E-state index contributed by atoms with van der Waals surface area (Å²) in [7, 11) is -3.81. The van der Waals surface area contributed by atoms with Crippen molar-refractivity contribution in [2.75, 3.05) is 64.5 Å². The zero-order valence-electron chi connectivity index (χ0n) is 18.9. The molecule has 0 amide bonds. The van der Waals surface area contributed by atoms with E-state index in [4.69, 9.17) is 22.7 Å². The first kappa shape index (κ1) is 23.6. The number of oxazole rings is 1. The number of furan rings is 2. The first-order chi connectivity index (χ1) is 17.1. The van der Waals surface area contributed by atoms with E-state index in [-0.39, 0.29) is 47.5 Å². The number of hydrogen-bond donors (Lipinski definition) is 1. The molecule has 5 rings (SSSR count). The van der Waals surface area contributed by atoms with Crippen LogP contribution in [0.3, 0.4) is 0 Å². The third kappa shape index (κ3) is 4.97. The summed E-state index contributed by atoms with van der Waals surface area (Å²) < 4.78 is 54.7. The van der Waals surface area contributed by atoms with Crippen molar-refractivity contribution in [1.29, 1.82) is 5.26 Å². The third-order valence-corrected chi connectivity index (χ3v) is 7.68. The smallest absolute Gasteiger partial charge is 0.276 e. The van der Waals surface area contributed by atoms with Crippen LogP contribution in [0.25, 0.3) is 11.7 Å². The van der Waals surface area contributed by atoms with Crippen LogP contribution in [0.2, 0.25) is 0 Å². The Hall–Kier alpha value is -3.15. The van der Waals surface area contributed by atoms with Crippen molar-refractivity contribution < 1.29 is 31.1 Å². The lowest BCUT2D eigenvalue weighted by atomic mass is 10.1. The molecule has 2 aliphatic rings. The van der Waals surface area contributed by atoms with Gasteiger partial charge in [-0.25, -0.2) is 8.42 Å².